The molecule has 0 bridgehead atoms. The maximum absolute atomic E-state index is 12.8. The van der Waals surface area contributed by atoms with Gasteiger partial charge in [-0.2, -0.15) is 0 Å². The zero-order valence-corrected chi connectivity index (χ0v) is 16.1. The van der Waals surface area contributed by atoms with Gasteiger partial charge in [0.05, 0.1) is 5.69 Å². The second-order valence-electron chi connectivity index (χ2n) is 6.87. The minimum Gasteiger partial charge on any atom is -0.335 e. The molecule has 1 fully saturated rings. The molecule has 1 amide bonds. The first-order valence-electron chi connectivity index (χ1n) is 9.02. The minimum atomic E-state index is 0.0751. The number of amides is 1. The third kappa shape index (κ3) is 4.24. The van der Waals surface area contributed by atoms with Gasteiger partial charge in [0.15, 0.2) is 0 Å². The van der Waals surface area contributed by atoms with Crippen molar-refractivity contribution in [2.24, 2.45) is 0 Å². The molecular formula is C21H26N2OS. The molecular weight excluding hydrogens is 328 g/mol. The van der Waals surface area contributed by atoms with Crippen molar-refractivity contribution >= 4 is 17.7 Å². The molecule has 1 atom stereocenters. The summed E-state index contributed by atoms with van der Waals surface area (Å²) in [5, 5.41) is 0. The second kappa shape index (κ2) is 8.05. The fourth-order valence-electron chi connectivity index (χ4n) is 3.40. The summed E-state index contributed by atoms with van der Waals surface area (Å²) in [6.07, 6.45) is 3.40. The number of carbonyl (C=O) groups excluding carboxylic acids is 1. The minimum absolute atomic E-state index is 0.0751. The molecule has 132 valence electrons. The number of aromatic nitrogens is 1. The van der Waals surface area contributed by atoms with Crippen LogP contribution in [-0.4, -0.2) is 28.4 Å². The van der Waals surface area contributed by atoms with Crippen LogP contribution in [0.2, 0.25) is 0 Å². The van der Waals surface area contributed by atoms with Crippen LogP contribution in [-0.2, 0) is 5.75 Å². The van der Waals surface area contributed by atoms with Gasteiger partial charge in [0.2, 0.25) is 0 Å². The normalized spacial score (nSPS) is 17.6. The molecule has 1 saturated heterocycles. The number of piperidine rings is 1. The number of thioether (sulfide) groups is 1. The summed E-state index contributed by atoms with van der Waals surface area (Å²) in [4.78, 5) is 20.7. The van der Waals surface area contributed by atoms with Gasteiger partial charge >= 0.3 is 0 Å². The zero-order chi connectivity index (χ0) is 17.8. The standard InChI is InChI=1S/C21H26N2OS/c1-15-8-6-9-16(2)20(15)25-14-18-11-7-12-19(22-18)21(24)23-13-5-4-10-17(23)3/h6-9,11-12,17H,4-5,10,13-14H2,1-3H3. The smallest absolute Gasteiger partial charge is 0.272 e. The highest BCUT2D eigenvalue weighted by Gasteiger charge is 2.25. The van der Waals surface area contributed by atoms with E-state index in [0.29, 0.717) is 11.7 Å². The largest absolute Gasteiger partial charge is 0.335 e. The summed E-state index contributed by atoms with van der Waals surface area (Å²) < 4.78 is 0. The van der Waals surface area contributed by atoms with E-state index in [1.54, 1.807) is 11.8 Å². The number of carbonyl (C=O) groups is 1. The van der Waals surface area contributed by atoms with Crippen molar-refractivity contribution in [2.75, 3.05) is 6.54 Å². The summed E-state index contributed by atoms with van der Waals surface area (Å²) in [5.74, 6) is 0.855. The number of nitrogens with zero attached hydrogens (tertiary/aromatic N) is 2. The number of rotatable bonds is 4. The van der Waals surface area contributed by atoms with Gasteiger partial charge in [-0.3, -0.25) is 4.79 Å². The molecule has 0 aliphatic carbocycles. The van der Waals surface area contributed by atoms with Crippen LogP contribution in [0.15, 0.2) is 41.3 Å². The quantitative estimate of drug-likeness (QED) is 0.724. The molecule has 1 aromatic carbocycles. The lowest BCUT2D eigenvalue weighted by atomic mass is 10.0. The van der Waals surface area contributed by atoms with E-state index in [-0.39, 0.29) is 5.91 Å². The van der Waals surface area contributed by atoms with E-state index in [0.717, 1.165) is 30.8 Å². The van der Waals surface area contributed by atoms with Crippen LogP contribution >= 0.6 is 11.8 Å². The summed E-state index contributed by atoms with van der Waals surface area (Å²) >= 11 is 1.80. The third-order valence-electron chi connectivity index (χ3n) is 4.86. The molecule has 0 N–H and O–H groups in total. The number of aryl methyl sites for hydroxylation is 2. The van der Waals surface area contributed by atoms with Gasteiger partial charge in [-0.15, -0.1) is 11.8 Å². The second-order valence-corrected chi connectivity index (χ2v) is 7.85. The molecule has 1 aliphatic rings. The maximum Gasteiger partial charge on any atom is 0.272 e. The highest BCUT2D eigenvalue weighted by Crippen LogP contribution is 2.28. The molecule has 1 aromatic heterocycles. The topological polar surface area (TPSA) is 33.2 Å². The first kappa shape index (κ1) is 18.0. The third-order valence-corrected chi connectivity index (χ3v) is 6.24. The zero-order valence-electron chi connectivity index (χ0n) is 15.3. The van der Waals surface area contributed by atoms with E-state index < -0.39 is 0 Å². The molecule has 1 aliphatic heterocycles. The molecule has 1 unspecified atom stereocenters. The highest BCUT2D eigenvalue weighted by atomic mass is 32.2. The summed E-state index contributed by atoms with van der Waals surface area (Å²) in [6, 6.07) is 12.5. The monoisotopic (exact) mass is 354 g/mol. The van der Waals surface area contributed by atoms with Crippen LogP contribution in [0.4, 0.5) is 0 Å². The van der Waals surface area contributed by atoms with Gasteiger partial charge in [0.1, 0.15) is 5.69 Å². The Morgan fingerprint density at radius 3 is 2.60 bits per heavy atom. The Labute approximate surface area is 154 Å². The molecule has 4 heteroatoms. The first-order valence-corrected chi connectivity index (χ1v) is 10.0. The van der Waals surface area contributed by atoms with Gasteiger partial charge in [-0.1, -0.05) is 24.3 Å². The van der Waals surface area contributed by atoms with Gasteiger partial charge in [-0.05, 0) is 63.3 Å². The Bertz CT molecular complexity index is 739. The van der Waals surface area contributed by atoms with Gasteiger partial charge < -0.3 is 4.90 Å². The van der Waals surface area contributed by atoms with E-state index in [2.05, 4.69) is 44.0 Å². The lowest BCUT2D eigenvalue weighted by Crippen LogP contribution is -2.42. The summed E-state index contributed by atoms with van der Waals surface area (Å²) in [6.45, 7) is 7.27. The lowest BCUT2D eigenvalue weighted by molar-refractivity contribution is 0.0629. The first-order chi connectivity index (χ1) is 12.1. The van der Waals surface area contributed by atoms with Crippen molar-refractivity contribution in [3.05, 3.63) is 58.9 Å². The molecule has 2 heterocycles. The van der Waals surface area contributed by atoms with Gasteiger partial charge in [0.25, 0.3) is 5.91 Å². The van der Waals surface area contributed by atoms with Crippen molar-refractivity contribution in [3.63, 3.8) is 0 Å². The molecule has 0 saturated carbocycles. The van der Waals surface area contributed by atoms with Crippen LogP contribution in [0, 0.1) is 13.8 Å². The average molecular weight is 355 g/mol. The number of benzene rings is 1. The predicted octanol–water partition coefficient (Wildman–Crippen LogP) is 5.01. The fraction of sp³-hybridized carbons (Fsp3) is 0.429. The Morgan fingerprint density at radius 2 is 1.88 bits per heavy atom. The van der Waals surface area contributed by atoms with Crippen molar-refractivity contribution in [1.82, 2.24) is 9.88 Å². The van der Waals surface area contributed by atoms with Crippen LogP contribution < -0.4 is 0 Å². The number of hydrogen-bond donors (Lipinski definition) is 0. The Kier molecular flexibility index (Phi) is 5.79. The van der Waals surface area contributed by atoms with E-state index in [4.69, 9.17) is 0 Å². The maximum atomic E-state index is 12.8. The van der Waals surface area contributed by atoms with Crippen LogP contribution in [0.1, 0.15) is 53.5 Å². The van der Waals surface area contributed by atoms with Gasteiger partial charge in [0, 0.05) is 23.2 Å². The number of pyridine rings is 1. The molecule has 3 rings (SSSR count). The van der Waals surface area contributed by atoms with Crippen molar-refractivity contribution in [1.29, 1.82) is 0 Å². The Balaban J connectivity index is 1.72. The molecule has 2 aromatic rings. The highest BCUT2D eigenvalue weighted by molar-refractivity contribution is 7.98. The van der Waals surface area contributed by atoms with Crippen molar-refractivity contribution in [2.45, 2.75) is 56.7 Å². The Hall–Kier alpha value is -1.81. The van der Waals surface area contributed by atoms with E-state index in [9.17, 15) is 4.79 Å². The number of likely N-dealkylation sites (tertiary alicyclic amines) is 1. The summed E-state index contributed by atoms with van der Waals surface area (Å²) in [5.41, 5.74) is 4.12. The predicted molar refractivity (Wildman–Crippen MR) is 104 cm³/mol. The van der Waals surface area contributed by atoms with E-state index in [1.165, 1.54) is 22.4 Å². The fourth-order valence-corrected chi connectivity index (χ4v) is 4.44. The molecule has 0 spiro atoms. The molecule has 0 radical (unpaired) electrons. The van der Waals surface area contributed by atoms with E-state index in [1.807, 2.05) is 23.1 Å². The van der Waals surface area contributed by atoms with Crippen LogP contribution in [0.5, 0.6) is 0 Å². The summed E-state index contributed by atoms with van der Waals surface area (Å²) in [7, 11) is 0. The van der Waals surface area contributed by atoms with Crippen LogP contribution in [0.3, 0.4) is 0 Å². The van der Waals surface area contributed by atoms with Crippen LogP contribution in [0.25, 0.3) is 0 Å². The average Bonchev–Trinajstić information content (AvgIpc) is 2.61. The van der Waals surface area contributed by atoms with E-state index >= 15 is 0 Å². The lowest BCUT2D eigenvalue weighted by Gasteiger charge is -2.33. The van der Waals surface area contributed by atoms with Gasteiger partial charge in [-0.25, -0.2) is 4.98 Å². The SMILES string of the molecule is Cc1cccc(C)c1SCc1cccc(C(=O)N2CCCCC2C)n1. The van der Waals surface area contributed by atoms with Crippen molar-refractivity contribution in [3.8, 4) is 0 Å². The Morgan fingerprint density at radius 1 is 1.16 bits per heavy atom. The number of hydrogen-bond acceptors (Lipinski definition) is 3. The van der Waals surface area contributed by atoms with Crippen molar-refractivity contribution < 1.29 is 4.79 Å². The molecule has 3 nitrogen and oxygen atoms in total. The molecule has 25 heavy (non-hydrogen) atoms.